The predicted molar refractivity (Wildman–Crippen MR) is 98.1 cm³/mol. The summed E-state index contributed by atoms with van der Waals surface area (Å²) in [5.41, 5.74) is 11.0. The minimum absolute atomic E-state index is 0.199. The summed E-state index contributed by atoms with van der Waals surface area (Å²) < 4.78 is 16.9. The van der Waals surface area contributed by atoms with Gasteiger partial charge in [-0.05, 0) is 46.8 Å². The summed E-state index contributed by atoms with van der Waals surface area (Å²) in [6.07, 6.45) is 1.75. The van der Waals surface area contributed by atoms with Gasteiger partial charge in [0, 0.05) is 18.2 Å². The Morgan fingerprint density at radius 3 is 2.63 bits per heavy atom. The van der Waals surface area contributed by atoms with Crippen LogP contribution >= 0.6 is 0 Å². The van der Waals surface area contributed by atoms with Crippen LogP contribution < -0.4 is 5.73 Å². The molecule has 0 atom stereocenters. The lowest BCUT2D eigenvalue weighted by Gasteiger charge is -2.12. The number of nitrogen functional groups attached to an aromatic ring is 1. The molecule has 0 radical (unpaired) electrons. The molecule has 0 saturated heterocycles. The Morgan fingerprint density at radius 2 is 1.81 bits per heavy atom. The van der Waals surface area contributed by atoms with Gasteiger partial charge in [0.2, 0.25) is 5.65 Å². The van der Waals surface area contributed by atoms with Gasteiger partial charge in [0.25, 0.3) is 0 Å². The van der Waals surface area contributed by atoms with Crippen LogP contribution in [0.25, 0.3) is 39.2 Å². The van der Waals surface area contributed by atoms with E-state index in [1.54, 1.807) is 23.0 Å². The van der Waals surface area contributed by atoms with Crippen molar-refractivity contribution in [1.29, 1.82) is 0 Å². The van der Waals surface area contributed by atoms with Gasteiger partial charge in [-0.15, -0.1) is 5.10 Å². The van der Waals surface area contributed by atoms with Crippen molar-refractivity contribution in [3.8, 4) is 22.5 Å². The lowest BCUT2D eigenvalue weighted by Crippen LogP contribution is -2.05. The highest BCUT2D eigenvalue weighted by atomic mass is 19.1. The summed E-state index contributed by atoms with van der Waals surface area (Å²) in [6.45, 7) is 0. The van der Waals surface area contributed by atoms with Crippen molar-refractivity contribution < 1.29 is 4.39 Å². The molecule has 3 heterocycles. The van der Waals surface area contributed by atoms with Crippen molar-refractivity contribution in [2.75, 3.05) is 5.73 Å². The van der Waals surface area contributed by atoms with Crippen LogP contribution in [-0.4, -0.2) is 34.6 Å². The Morgan fingerprint density at radius 1 is 1.04 bits per heavy atom. The molecule has 0 spiro atoms. The minimum Gasteiger partial charge on any atom is -0.380 e. The standard InChI is InChI=1S/C18H13FN8/c1-26-9-21-13-7-4-11(8-14(13)26)16-15(10-2-5-12(19)6-3-10)22-17(20)18-23-24-25-27(16)18/h2-9H,1H3,(H2,20,22). The predicted octanol–water partition coefficient (Wildman–Crippen LogP) is 2.46. The number of nitrogens with two attached hydrogens (primary N) is 1. The summed E-state index contributed by atoms with van der Waals surface area (Å²) in [5, 5.41) is 11.8. The third kappa shape index (κ3) is 2.32. The maximum atomic E-state index is 13.4. The van der Waals surface area contributed by atoms with Crippen molar-refractivity contribution >= 4 is 22.5 Å². The van der Waals surface area contributed by atoms with E-state index in [2.05, 4.69) is 25.5 Å². The number of halogens is 1. The van der Waals surface area contributed by atoms with Gasteiger partial charge in [0.15, 0.2) is 5.82 Å². The highest BCUT2D eigenvalue weighted by Gasteiger charge is 2.19. The largest absolute Gasteiger partial charge is 0.380 e. The molecule has 0 amide bonds. The van der Waals surface area contributed by atoms with Gasteiger partial charge in [-0.3, -0.25) is 0 Å². The number of rotatable bonds is 2. The zero-order chi connectivity index (χ0) is 18.5. The van der Waals surface area contributed by atoms with Gasteiger partial charge in [0.1, 0.15) is 11.5 Å². The fraction of sp³-hybridized carbons (Fsp3) is 0.0556. The van der Waals surface area contributed by atoms with Crippen molar-refractivity contribution in [2.24, 2.45) is 7.05 Å². The van der Waals surface area contributed by atoms with E-state index in [0.29, 0.717) is 22.6 Å². The normalized spacial score (nSPS) is 11.5. The van der Waals surface area contributed by atoms with E-state index in [9.17, 15) is 4.39 Å². The maximum absolute atomic E-state index is 13.4. The lowest BCUT2D eigenvalue weighted by atomic mass is 10.0. The molecule has 8 nitrogen and oxygen atoms in total. The second kappa shape index (κ2) is 5.56. The van der Waals surface area contributed by atoms with E-state index >= 15 is 0 Å². The van der Waals surface area contributed by atoms with E-state index in [1.807, 2.05) is 29.8 Å². The third-order valence-corrected chi connectivity index (χ3v) is 4.48. The molecule has 2 N–H and O–H groups in total. The Bertz CT molecular complexity index is 1300. The summed E-state index contributed by atoms with van der Waals surface area (Å²) in [6, 6.07) is 11.9. The first-order valence-corrected chi connectivity index (χ1v) is 8.17. The number of nitrogens with zero attached hydrogens (tertiary/aromatic N) is 7. The van der Waals surface area contributed by atoms with Gasteiger partial charge in [-0.1, -0.05) is 6.07 Å². The third-order valence-electron chi connectivity index (χ3n) is 4.48. The monoisotopic (exact) mass is 360 g/mol. The van der Waals surface area contributed by atoms with Crippen LogP contribution in [0.5, 0.6) is 0 Å². The zero-order valence-electron chi connectivity index (χ0n) is 14.2. The summed E-state index contributed by atoms with van der Waals surface area (Å²) in [5.74, 6) is -0.127. The molecule has 0 fully saturated rings. The van der Waals surface area contributed by atoms with Gasteiger partial charge >= 0.3 is 0 Å². The molecule has 0 aliphatic heterocycles. The van der Waals surface area contributed by atoms with Crippen molar-refractivity contribution in [3.05, 3.63) is 54.6 Å². The van der Waals surface area contributed by atoms with Gasteiger partial charge in [-0.2, -0.15) is 4.52 Å². The van der Waals surface area contributed by atoms with Crippen LogP contribution in [0, 0.1) is 5.82 Å². The van der Waals surface area contributed by atoms with Crippen LogP contribution in [0.15, 0.2) is 48.8 Å². The Balaban J connectivity index is 1.87. The van der Waals surface area contributed by atoms with Crippen molar-refractivity contribution in [3.63, 3.8) is 0 Å². The average Bonchev–Trinajstić information content (AvgIpc) is 3.30. The molecule has 0 aliphatic carbocycles. The quantitative estimate of drug-likeness (QED) is 0.519. The van der Waals surface area contributed by atoms with Gasteiger partial charge in [-0.25, -0.2) is 14.4 Å². The molecule has 0 bridgehead atoms. The topological polar surface area (TPSA) is 99.8 Å². The Kier molecular flexibility index (Phi) is 3.17. The number of aryl methyl sites for hydroxylation is 1. The molecule has 132 valence electrons. The second-order valence-corrected chi connectivity index (χ2v) is 6.17. The molecule has 0 unspecified atom stereocenters. The average molecular weight is 360 g/mol. The van der Waals surface area contributed by atoms with E-state index in [-0.39, 0.29) is 11.6 Å². The molecular weight excluding hydrogens is 347 g/mol. The second-order valence-electron chi connectivity index (χ2n) is 6.17. The first-order chi connectivity index (χ1) is 13.1. The number of aromatic nitrogens is 7. The van der Waals surface area contributed by atoms with Crippen LogP contribution in [-0.2, 0) is 7.05 Å². The number of anilines is 1. The summed E-state index contributed by atoms with van der Waals surface area (Å²) in [7, 11) is 1.92. The highest BCUT2D eigenvalue weighted by molar-refractivity contribution is 5.87. The van der Waals surface area contributed by atoms with E-state index in [1.165, 1.54) is 12.1 Å². The van der Waals surface area contributed by atoms with E-state index in [4.69, 9.17) is 5.73 Å². The molecule has 27 heavy (non-hydrogen) atoms. The zero-order valence-corrected chi connectivity index (χ0v) is 14.2. The fourth-order valence-electron chi connectivity index (χ4n) is 3.16. The van der Waals surface area contributed by atoms with Crippen LogP contribution in [0.2, 0.25) is 0 Å². The van der Waals surface area contributed by atoms with Crippen LogP contribution in [0.1, 0.15) is 0 Å². The summed E-state index contributed by atoms with van der Waals surface area (Å²) in [4.78, 5) is 8.86. The number of benzene rings is 2. The number of tetrazole rings is 1. The number of imidazole rings is 1. The number of hydrogen-bond acceptors (Lipinski definition) is 6. The lowest BCUT2D eigenvalue weighted by molar-refractivity contribution is 0.628. The maximum Gasteiger partial charge on any atom is 0.222 e. The van der Waals surface area contributed by atoms with Crippen LogP contribution in [0.3, 0.4) is 0 Å². The smallest absolute Gasteiger partial charge is 0.222 e. The molecular formula is C18H13FN8. The highest BCUT2D eigenvalue weighted by Crippen LogP contribution is 2.33. The van der Waals surface area contributed by atoms with Gasteiger partial charge < -0.3 is 10.3 Å². The molecule has 9 heteroatoms. The number of hydrogen-bond donors (Lipinski definition) is 1. The fourth-order valence-corrected chi connectivity index (χ4v) is 3.16. The SMILES string of the molecule is Cn1cnc2ccc(-c3c(-c4ccc(F)cc4)nc(N)c4nnnn34)cc21. The van der Waals surface area contributed by atoms with Crippen molar-refractivity contribution in [1.82, 2.24) is 34.6 Å². The molecule has 5 aromatic rings. The minimum atomic E-state index is -0.326. The molecule has 0 saturated carbocycles. The molecule has 3 aromatic heterocycles. The molecule has 0 aliphatic rings. The number of fused-ring (bicyclic) bond motifs is 2. The Hall–Kier alpha value is -3.88. The first kappa shape index (κ1) is 15.4. The Labute approximate surface area is 152 Å². The summed E-state index contributed by atoms with van der Waals surface area (Å²) >= 11 is 0. The van der Waals surface area contributed by atoms with E-state index < -0.39 is 0 Å². The molecule has 5 rings (SSSR count). The first-order valence-electron chi connectivity index (χ1n) is 8.17. The van der Waals surface area contributed by atoms with E-state index in [0.717, 1.165) is 16.6 Å². The van der Waals surface area contributed by atoms with Crippen LogP contribution in [0.4, 0.5) is 10.2 Å². The molecule has 2 aromatic carbocycles. The van der Waals surface area contributed by atoms with Gasteiger partial charge in [0.05, 0.1) is 23.1 Å². The van der Waals surface area contributed by atoms with Crippen molar-refractivity contribution in [2.45, 2.75) is 0 Å².